The van der Waals surface area contributed by atoms with Gasteiger partial charge in [-0.1, -0.05) is 30.3 Å². The van der Waals surface area contributed by atoms with Crippen molar-refractivity contribution >= 4 is 40.8 Å². The average molecular weight is 577 g/mol. The largest absolute Gasteiger partial charge is 0.493 e. The predicted molar refractivity (Wildman–Crippen MR) is 134 cm³/mol. The standard InChI is InChI=1S/C23H24IN5O5/c1-32-20-9-16(8-18(24)21(20)33-2)11-27-29-22(30)19(10-17-12-25-14-26-17)28-23(31)34-13-15-6-4-3-5-7-15/h3-9,11-12,14,19H,10,13H2,1-2H3,(H,25,26)(H,28,31)(H,29,30)/b27-11-/t19-/m0/s1. The van der Waals surface area contributed by atoms with Gasteiger partial charge in [0, 0.05) is 18.3 Å². The molecule has 0 radical (unpaired) electrons. The quantitative estimate of drug-likeness (QED) is 0.193. The lowest BCUT2D eigenvalue weighted by molar-refractivity contribution is -0.123. The number of ether oxygens (including phenoxy) is 3. The lowest BCUT2D eigenvalue weighted by Gasteiger charge is -2.16. The number of methoxy groups -OCH3 is 2. The highest BCUT2D eigenvalue weighted by atomic mass is 127. The summed E-state index contributed by atoms with van der Waals surface area (Å²) in [6.45, 7) is 0.0845. The fraction of sp³-hybridized carbons (Fsp3) is 0.217. The van der Waals surface area contributed by atoms with E-state index in [2.05, 4.69) is 48.4 Å². The van der Waals surface area contributed by atoms with E-state index in [1.807, 2.05) is 36.4 Å². The first-order chi connectivity index (χ1) is 16.5. The molecule has 2 amide bonds. The van der Waals surface area contributed by atoms with Gasteiger partial charge in [-0.25, -0.2) is 15.2 Å². The van der Waals surface area contributed by atoms with Crippen LogP contribution in [0.3, 0.4) is 0 Å². The van der Waals surface area contributed by atoms with Crippen LogP contribution in [0.2, 0.25) is 0 Å². The van der Waals surface area contributed by atoms with E-state index in [-0.39, 0.29) is 13.0 Å². The molecular formula is C23H24IN5O5. The van der Waals surface area contributed by atoms with Gasteiger partial charge in [-0.2, -0.15) is 5.10 Å². The Balaban J connectivity index is 1.64. The monoisotopic (exact) mass is 577 g/mol. The van der Waals surface area contributed by atoms with Crippen molar-refractivity contribution in [2.45, 2.75) is 19.1 Å². The second-order valence-electron chi connectivity index (χ2n) is 7.01. The summed E-state index contributed by atoms with van der Waals surface area (Å²) in [5.74, 6) is 0.641. The maximum atomic E-state index is 12.8. The molecule has 34 heavy (non-hydrogen) atoms. The Morgan fingerprint density at radius 2 is 2.00 bits per heavy atom. The first kappa shape index (κ1) is 25.0. The Kier molecular flexibility index (Phi) is 9.26. The smallest absolute Gasteiger partial charge is 0.408 e. The van der Waals surface area contributed by atoms with Crippen LogP contribution in [0.5, 0.6) is 11.5 Å². The topological polar surface area (TPSA) is 127 Å². The Hall–Kier alpha value is -3.61. The van der Waals surface area contributed by atoms with Crippen LogP contribution in [-0.4, -0.2) is 48.4 Å². The predicted octanol–water partition coefficient (Wildman–Crippen LogP) is 3.02. The van der Waals surface area contributed by atoms with Gasteiger partial charge in [-0.05, 0) is 45.9 Å². The number of hydrogen-bond donors (Lipinski definition) is 3. The fourth-order valence-electron chi connectivity index (χ4n) is 2.99. The number of rotatable bonds is 10. The third-order valence-electron chi connectivity index (χ3n) is 4.64. The second-order valence-corrected chi connectivity index (χ2v) is 8.17. The van der Waals surface area contributed by atoms with Crippen LogP contribution in [-0.2, 0) is 22.6 Å². The number of aromatic nitrogens is 2. The molecule has 0 aliphatic carbocycles. The van der Waals surface area contributed by atoms with Crippen molar-refractivity contribution in [3.8, 4) is 11.5 Å². The van der Waals surface area contributed by atoms with Gasteiger partial charge in [0.15, 0.2) is 11.5 Å². The number of carbonyl (C=O) groups is 2. The van der Waals surface area contributed by atoms with E-state index < -0.39 is 18.0 Å². The summed E-state index contributed by atoms with van der Waals surface area (Å²) in [4.78, 5) is 32.0. The molecule has 1 heterocycles. The molecule has 1 aromatic heterocycles. The number of imidazole rings is 1. The van der Waals surface area contributed by atoms with Crippen molar-refractivity contribution in [1.82, 2.24) is 20.7 Å². The van der Waals surface area contributed by atoms with Crippen molar-refractivity contribution < 1.29 is 23.8 Å². The molecule has 3 rings (SSSR count). The molecule has 0 unspecified atom stereocenters. The molecule has 0 saturated heterocycles. The van der Waals surface area contributed by atoms with Gasteiger partial charge in [0.1, 0.15) is 12.6 Å². The Morgan fingerprint density at radius 3 is 2.68 bits per heavy atom. The van der Waals surface area contributed by atoms with Crippen LogP contribution in [0.15, 0.2) is 60.1 Å². The van der Waals surface area contributed by atoms with Crippen molar-refractivity contribution in [2.75, 3.05) is 14.2 Å². The molecule has 1 atom stereocenters. The van der Waals surface area contributed by atoms with E-state index in [0.717, 1.165) is 9.13 Å². The Morgan fingerprint density at radius 1 is 1.21 bits per heavy atom. The first-order valence-corrected chi connectivity index (χ1v) is 11.3. The molecule has 178 valence electrons. The van der Waals surface area contributed by atoms with E-state index in [4.69, 9.17) is 14.2 Å². The number of benzene rings is 2. The third-order valence-corrected chi connectivity index (χ3v) is 5.45. The first-order valence-electron chi connectivity index (χ1n) is 10.2. The molecule has 3 aromatic rings. The van der Waals surface area contributed by atoms with Crippen LogP contribution < -0.4 is 20.2 Å². The summed E-state index contributed by atoms with van der Waals surface area (Å²) in [7, 11) is 3.10. The van der Waals surface area contributed by atoms with E-state index >= 15 is 0 Å². The number of nitrogens with one attached hydrogen (secondary N) is 3. The number of aromatic amines is 1. The maximum absolute atomic E-state index is 12.8. The van der Waals surface area contributed by atoms with Crippen LogP contribution >= 0.6 is 22.6 Å². The third kappa shape index (κ3) is 7.20. The minimum absolute atomic E-state index is 0.0845. The molecule has 0 bridgehead atoms. The highest BCUT2D eigenvalue weighted by Crippen LogP contribution is 2.33. The van der Waals surface area contributed by atoms with Gasteiger partial charge in [-0.3, -0.25) is 4.79 Å². The van der Waals surface area contributed by atoms with Gasteiger partial charge in [0.2, 0.25) is 0 Å². The zero-order valence-electron chi connectivity index (χ0n) is 18.6. The molecule has 0 saturated carbocycles. The molecule has 0 aliphatic heterocycles. The van der Waals surface area contributed by atoms with Crippen molar-refractivity contribution in [2.24, 2.45) is 5.10 Å². The number of H-pyrrole nitrogens is 1. The zero-order chi connectivity index (χ0) is 24.3. The molecule has 0 spiro atoms. The second kappa shape index (κ2) is 12.6. The van der Waals surface area contributed by atoms with Crippen LogP contribution in [0.25, 0.3) is 0 Å². The lowest BCUT2D eigenvalue weighted by atomic mass is 10.1. The van der Waals surface area contributed by atoms with E-state index in [0.29, 0.717) is 22.8 Å². The van der Waals surface area contributed by atoms with Crippen molar-refractivity contribution in [1.29, 1.82) is 0 Å². The van der Waals surface area contributed by atoms with Crippen LogP contribution in [0, 0.1) is 3.57 Å². The number of alkyl carbamates (subject to hydrolysis) is 1. The van der Waals surface area contributed by atoms with E-state index in [9.17, 15) is 9.59 Å². The van der Waals surface area contributed by atoms with Crippen LogP contribution in [0.1, 0.15) is 16.8 Å². The zero-order valence-corrected chi connectivity index (χ0v) is 20.7. The Bertz CT molecular complexity index is 1120. The molecule has 2 aromatic carbocycles. The summed E-state index contributed by atoms with van der Waals surface area (Å²) in [5, 5.41) is 6.61. The highest BCUT2D eigenvalue weighted by Gasteiger charge is 2.22. The van der Waals surface area contributed by atoms with Gasteiger partial charge in [0.05, 0.1) is 30.3 Å². The fourth-order valence-corrected chi connectivity index (χ4v) is 3.84. The Labute approximate surface area is 210 Å². The number of hydrogen-bond acceptors (Lipinski definition) is 7. The van der Waals surface area contributed by atoms with Crippen molar-refractivity contribution in [3.63, 3.8) is 0 Å². The summed E-state index contributed by atoms with van der Waals surface area (Å²) in [5.41, 5.74) is 4.66. The number of nitrogens with zero attached hydrogens (tertiary/aromatic N) is 2. The highest BCUT2D eigenvalue weighted by molar-refractivity contribution is 14.1. The van der Waals surface area contributed by atoms with Gasteiger partial charge >= 0.3 is 6.09 Å². The SMILES string of the molecule is COc1cc(/C=N\NC(=O)[C@H](Cc2cnc[nH]2)NC(=O)OCc2ccccc2)cc(I)c1OC. The number of halogens is 1. The molecule has 10 nitrogen and oxygen atoms in total. The van der Waals surface area contributed by atoms with Gasteiger partial charge < -0.3 is 24.5 Å². The average Bonchev–Trinajstić information content (AvgIpc) is 3.35. The summed E-state index contributed by atoms with van der Waals surface area (Å²) in [6, 6.07) is 11.9. The summed E-state index contributed by atoms with van der Waals surface area (Å²) < 4.78 is 16.7. The number of amides is 2. The molecular weight excluding hydrogens is 553 g/mol. The number of carbonyl (C=O) groups excluding carboxylic acids is 2. The molecule has 0 fully saturated rings. The molecule has 11 heteroatoms. The molecule has 3 N–H and O–H groups in total. The van der Waals surface area contributed by atoms with Crippen molar-refractivity contribution in [3.05, 3.63) is 75.4 Å². The van der Waals surface area contributed by atoms with Gasteiger partial charge in [-0.15, -0.1) is 0 Å². The summed E-state index contributed by atoms with van der Waals surface area (Å²) >= 11 is 2.12. The maximum Gasteiger partial charge on any atom is 0.408 e. The van der Waals surface area contributed by atoms with Crippen LogP contribution in [0.4, 0.5) is 4.79 Å². The normalized spacial score (nSPS) is 11.6. The lowest BCUT2D eigenvalue weighted by Crippen LogP contribution is -2.47. The number of hydrazone groups is 1. The molecule has 0 aliphatic rings. The van der Waals surface area contributed by atoms with Gasteiger partial charge in [0.25, 0.3) is 5.91 Å². The summed E-state index contributed by atoms with van der Waals surface area (Å²) in [6.07, 6.45) is 4.00. The van der Waals surface area contributed by atoms with E-state index in [1.165, 1.54) is 12.5 Å². The minimum Gasteiger partial charge on any atom is -0.493 e. The minimum atomic E-state index is -0.939. The van der Waals surface area contributed by atoms with E-state index in [1.54, 1.807) is 26.5 Å².